The number of hydrogen-bond acceptors (Lipinski definition) is 7. The fourth-order valence-corrected chi connectivity index (χ4v) is 3.40. The number of anilines is 1. The first-order valence-electron chi connectivity index (χ1n) is 8.57. The van der Waals surface area contributed by atoms with Crippen LogP contribution in [-0.4, -0.2) is 34.4 Å². The van der Waals surface area contributed by atoms with Gasteiger partial charge in [-0.3, -0.25) is 10.1 Å². The van der Waals surface area contributed by atoms with Gasteiger partial charge in [-0.15, -0.1) is 16.9 Å². The van der Waals surface area contributed by atoms with Gasteiger partial charge in [-0.25, -0.2) is 4.79 Å². The number of methoxy groups -OCH3 is 1. The highest BCUT2D eigenvalue weighted by atomic mass is 32.2. The molecule has 0 saturated carbocycles. The van der Waals surface area contributed by atoms with E-state index in [-0.39, 0.29) is 17.1 Å². The van der Waals surface area contributed by atoms with E-state index in [0.717, 1.165) is 10.5 Å². The number of amides is 1. The fourth-order valence-electron chi connectivity index (χ4n) is 2.50. The highest BCUT2D eigenvalue weighted by Gasteiger charge is 2.19. The van der Waals surface area contributed by atoms with Gasteiger partial charge in [0.05, 0.1) is 18.2 Å². The molecule has 1 amide bonds. The molecule has 0 unspecified atom stereocenters. The van der Waals surface area contributed by atoms with E-state index in [1.54, 1.807) is 23.9 Å². The lowest BCUT2D eigenvalue weighted by Gasteiger charge is -2.06. The van der Waals surface area contributed by atoms with Gasteiger partial charge in [-0.1, -0.05) is 37.1 Å². The maximum Gasteiger partial charge on any atom is 0.338 e. The van der Waals surface area contributed by atoms with Crippen LogP contribution < -0.4 is 5.32 Å². The van der Waals surface area contributed by atoms with Crippen LogP contribution in [-0.2, 0) is 4.74 Å². The smallest absolute Gasteiger partial charge is 0.338 e. The van der Waals surface area contributed by atoms with E-state index in [2.05, 4.69) is 29.4 Å². The Kier molecular flexibility index (Phi) is 6.10. The number of nitrogens with zero attached hydrogens (tertiary/aromatic N) is 2. The van der Waals surface area contributed by atoms with Crippen LogP contribution in [0.1, 0.15) is 34.6 Å². The molecule has 0 saturated heterocycles. The van der Waals surface area contributed by atoms with Crippen molar-refractivity contribution in [2.45, 2.75) is 24.0 Å². The average molecular weight is 397 g/mol. The van der Waals surface area contributed by atoms with Crippen molar-refractivity contribution >= 4 is 29.7 Å². The summed E-state index contributed by atoms with van der Waals surface area (Å²) >= 11 is 1.73. The van der Waals surface area contributed by atoms with Crippen molar-refractivity contribution in [3.8, 4) is 11.5 Å². The van der Waals surface area contributed by atoms with Gasteiger partial charge in [0, 0.05) is 15.7 Å². The van der Waals surface area contributed by atoms with Gasteiger partial charge >= 0.3 is 12.0 Å². The van der Waals surface area contributed by atoms with Crippen molar-refractivity contribution in [2.24, 2.45) is 0 Å². The zero-order chi connectivity index (χ0) is 20.1. The molecule has 0 fully saturated rings. The van der Waals surface area contributed by atoms with Crippen LogP contribution in [0.4, 0.5) is 6.01 Å². The number of thioether (sulfide) groups is 1. The lowest BCUT2D eigenvalue weighted by Crippen LogP contribution is -2.17. The summed E-state index contributed by atoms with van der Waals surface area (Å²) in [5.41, 5.74) is 1.07. The number of esters is 1. The molecule has 0 atom stereocenters. The molecule has 8 heteroatoms. The molecule has 144 valence electrons. The lowest BCUT2D eigenvalue weighted by molar-refractivity contribution is 0.0597. The Morgan fingerprint density at radius 3 is 2.54 bits per heavy atom. The molecule has 3 aromatic rings. The number of carbonyl (C=O) groups excluding carboxylic acids is 2. The zero-order valence-corrected chi connectivity index (χ0v) is 16.4. The average Bonchev–Trinajstić information content (AvgIpc) is 3.15. The maximum atomic E-state index is 12.5. The summed E-state index contributed by atoms with van der Waals surface area (Å²) in [4.78, 5) is 25.4. The molecule has 1 N–H and O–H groups in total. The number of benzene rings is 2. The normalized spacial score (nSPS) is 10.7. The van der Waals surface area contributed by atoms with Crippen LogP contribution >= 0.6 is 11.8 Å². The molecule has 0 aliphatic rings. The summed E-state index contributed by atoms with van der Waals surface area (Å²) in [6.45, 7) is 4.23. The molecule has 0 bridgehead atoms. The van der Waals surface area contributed by atoms with Crippen molar-refractivity contribution < 1.29 is 18.7 Å². The standard InChI is InChI=1S/C20H19N3O4S/c1-12(2)28-14-8-6-7-13(11-14)18-22-23-20(27-18)21-17(24)15-9-4-5-10-16(15)19(25)26-3/h4-12H,1-3H3,(H,21,23,24). The van der Waals surface area contributed by atoms with E-state index < -0.39 is 11.9 Å². The Morgan fingerprint density at radius 2 is 1.82 bits per heavy atom. The largest absolute Gasteiger partial charge is 0.465 e. The summed E-state index contributed by atoms with van der Waals surface area (Å²) < 4.78 is 10.3. The third-order valence-corrected chi connectivity index (χ3v) is 4.67. The topological polar surface area (TPSA) is 94.3 Å². The fraction of sp³-hybridized carbons (Fsp3) is 0.200. The Hall–Kier alpha value is -3.13. The molecule has 2 aromatic carbocycles. The van der Waals surface area contributed by atoms with Crippen LogP contribution in [0, 0.1) is 0 Å². The van der Waals surface area contributed by atoms with Crippen molar-refractivity contribution in [2.75, 3.05) is 12.4 Å². The Balaban J connectivity index is 1.79. The number of aromatic nitrogens is 2. The summed E-state index contributed by atoms with van der Waals surface area (Å²) in [6, 6.07) is 14.0. The molecule has 0 aliphatic heterocycles. The second kappa shape index (κ2) is 8.71. The van der Waals surface area contributed by atoms with Crippen LogP contribution in [0.3, 0.4) is 0 Å². The van der Waals surface area contributed by atoms with Gasteiger partial charge in [0.15, 0.2) is 0 Å². The second-order valence-electron chi connectivity index (χ2n) is 6.10. The summed E-state index contributed by atoms with van der Waals surface area (Å²) in [7, 11) is 1.26. The predicted octanol–water partition coefficient (Wildman–Crippen LogP) is 4.28. The number of ether oxygens (including phenoxy) is 1. The van der Waals surface area contributed by atoms with Gasteiger partial charge in [0.1, 0.15) is 0 Å². The first-order valence-corrected chi connectivity index (χ1v) is 9.45. The number of carbonyl (C=O) groups is 2. The first kappa shape index (κ1) is 19.6. The monoisotopic (exact) mass is 397 g/mol. The SMILES string of the molecule is COC(=O)c1ccccc1C(=O)Nc1nnc(-c2cccc(SC(C)C)c2)o1. The molecule has 1 heterocycles. The molecule has 0 radical (unpaired) electrons. The zero-order valence-electron chi connectivity index (χ0n) is 15.6. The molecule has 0 aliphatic carbocycles. The number of nitrogens with one attached hydrogen (secondary N) is 1. The maximum absolute atomic E-state index is 12.5. The van der Waals surface area contributed by atoms with Gasteiger partial charge in [-0.05, 0) is 30.3 Å². The highest BCUT2D eigenvalue weighted by molar-refractivity contribution is 7.99. The molecular formula is C20H19N3O4S. The van der Waals surface area contributed by atoms with E-state index in [1.165, 1.54) is 19.2 Å². The Labute approximate surface area is 166 Å². The minimum Gasteiger partial charge on any atom is -0.465 e. The van der Waals surface area contributed by atoms with E-state index in [1.807, 2.05) is 24.3 Å². The summed E-state index contributed by atoms with van der Waals surface area (Å²) in [5.74, 6) is -0.848. The molecule has 0 spiro atoms. The summed E-state index contributed by atoms with van der Waals surface area (Å²) in [6.07, 6.45) is 0. The van der Waals surface area contributed by atoms with Gasteiger partial charge in [-0.2, -0.15) is 0 Å². The van der Waals surface area contributed by atoms with Crippen LogP contribution in [0.5, 0.6) is 0 Å². The lowest BCUT2D eigenvalue weighted by atomic mass is 10.1. The van der Waals surface area contributed by atoms with Crippen molar-refractivity contribution in [3.05, 3.63) is 59.7 Å². The van der Waals surface area contributed by atoms with E-state index in [4.69, 9.17) is 9.15 Å². The van der Waals surface area contributed by atoms with Crippen molar-refractivity contribution in [3.63, 3.8) is 0 Å². The predicted molar refractivity (Wildman–Crippen MR) is 106 cm³/mol. The van der Waals surface area contributed by atoms with Crippen molar-refractivity contribution in [1.82, 2.24) is 10.2 Å². The van der Waals surface area contributed by atoms with Crippen LogP contribution in [0.15, 0.2) is 57.8 Å². The van der Waals surface area contributed by atoms with E-state index in [0.29, 0.717) is 11.1 Å². The Morgan fingerprint density at radius 1 is 1.07 bits per heavy atom. The molecule has 7 nitrogen and oxygen atoms in total. The number of hydrogen-bond donors (Lipinski definition) is 1. The van der Waals surface area contributed by atoms with Crippen molar-refractivity contribution in [1.29, 1.82) is 0 Å². The quantitative estimate of drug-likeness (QED) is 0.490. The van der Waals surface area contributed by atoms with Gasteiger partial charge < -0.3 is 9.15 Å². The van der Waals surface area contributed by atoms with Gasteiger partial charge in [0.25, 0.3) is 5.91 Å². The highest BCUT2D eigenvalue weighted by Crippen LogP contribution is 2.28. The van der Waals surface area contributed by atoms with Gasteiger partial charge in [0.2, 0.25) is 5.89 Å². The van der Waals surface area contributed by atoms with Crippen LogP contribution in [0.25, 0.3) is 11.5 Å². The molecule has 28 heavy (non-hydrogen) atoms. The van der Waals surface area contributed by atoms with E-state index >= 15 is 0 Å². The molecule has 3 rings (SSSR count). The van der Waals surface area contributed by atoms with Crippen LogP contribution in [0.2, 0.25) is 0 Å². The molecular weight excluding hydrogens is 378 g/mol. The summed E-state index contributed by atoms with van der Waals surface area (Å²) in [5, 5.41) is 10.8. The number of rotatable bonds is 6. The molecule has 1 aromatic heterocycles. The third-order valence-electron chi connectivity index (χ3n) is 3.68. The second-order valence-corrected chi connectivity index (χ2v) is 7.75. The third kappa shape index (κ3) is 4.58. The minimum absolute atomic E-state index is 0.0541. The minimum atomic E-state index is -0.601. The van der Waals surface area contributed by atoms with E-state index in [9.17, 15) is 9.59 Å². The Bertz CT molecular complexity index is 1000. The first-order chi connectivity index (χ1) is 13.5.